The molecule has 1 aliphatic carbocycles. The normalized spacial score (nSPS) is 18.5. The number of thioether (sulfide) groups is 1. The Hall–Kier alpha value is -1.82. The van der Waals surface area contributed by atoms with Crippen LogP contribution >= 0.6 is 19.6 Å². The molecule has 1 fully saturated rings. The highest BCUT2D eigenvalue weighted by molar-refractivity contribution is 8.00. The summed E-state index contributed by atoms with van der Waals surface area (Å²) in [4.78, 5) is 61.7. The van der Waals surface area contributed by atoms with Crippen LogP contribution in [0.15, 0.2) is 0 Å². The lowest BCUT2D eigenvalue weighted by atomic mass is 9.90. The molecule has 0 aromatic rings. The van der Waals surface area contributed by atoms with Crippen molar-refractivity contribution in [3.8, 4) is 0 Å². The molecule has 2 N–H and O–H groups in total. The van der Waals surface area contributed by atoms with Gasteiger partial charge in [-0.3, -0.25) is 19.5 Å². The number of ether oxygens (including phenoxy) is 6. The fourth-order valence-corrected chi connectivity index (χ4v) is 5.63. The largest absolute Gasteiger partial charge is 0.756 e. The second-order valence-corrected chi connectivity index (χ2v) is 12.3. The van der Waals surface area contributed by atoms with Crippen molar-refractivity contribution in [2.75, 3.05) is 93.2 Å². The SMILES string of the molecule is COCCOCCNC(=O)OCC(COC(=O)NCOCCOC)C1C(=O)CC(SCCCCCCOP(=O)([O-])OC)C1=O. The van der Waals surface area contributed by atoms with Crippen molar-refractivity contribution in [1.82, 2.24) is 10.6 Å². The molecule has 0 aliphatic heterocycles. The Morgan fingerprint density at radius 3 is 2.18 bits per heavy atom. The monoisotopic (exact) mass is 673 g/mol. The quantitative estimate of drug-likeness (QED) is 0.0574. The maximum atomic E-state index is 13.2. The van der Waals surface area contributed by atoms with Crippen molar-refractivity contribution in [2.45, 2.75) is 37.4 Å². The van der Waals surface area contributed by atoms with Crippen molar-refractivity contribution >= 4 is 43.3 Å². The van der Waals surface area contributed by atoms with Gasteiger partial charge in [0, 0.05) is 40.2 Å². The number of unbranched alkanes of at least 4 members (excludes halogenated alkanes) is 3. The summed E-state index contributed by atoms with van der Waals surface area (Å²) in [5.74, 6) is -1.96. The van der Waals surface area contributed by atoms with E-state index in [1.165, 1.54) is 18.9 Å². The number of nitrogens with one attached hydrogen (secondary N) is 2. The van der Waals surface area contributed by atoms with E-state index in [1.807, 2.05) is 0 Å². The first-order valence-electron chi connectivity index (χ1n) is 14.3. The number of ketones is 2. The van der Waals surface area contributed by atoms with Crippen LogP contribution < -0.4 is 15.5 Å². The minimum atomic E-state index is -4.22. The van der Waals surface area contributed by atoms with Crippen molar-refractivity contribution in [2.24, 2.45) is 11.8 Å². The first kappa shape index (κ1) is 40.2. The summed E-state index contributed by atoms with van der Waals surface area (Å²) in [6, 6.07) is 0. The highest BCUT2D eigenvalue weighted by Crippen LogP contribution is 2.37. The summed E-state index contributed by atoms with van der Waals surface area (Å²) in [5, 5.41) is 4.35. The zero-order valence-electron chi connectivity index (χ0n) is 25.6. The lowest BCUT2D eigenvalue weighted by molar-refractivity contribution is -0.223. The topological polar surface area (TPSA) is 206 Å². The standard InChI is InChI=1S/C26H47N2O14PS/c1-35-11-13-38-10-8-27-25(31)40-17-20(18-41-26(32)28-19-39-14-12-36-2)23-21(29)16-22(24(23)30)44-15-7-5-4-6-9-42-43(33,34)37-3/h20,22-23H,4-19H2,1-3H3,(H,27,31)(H,28,32)(H,33,34)/p-1. The van der Waals surface area contributed by atoms with E-state index in [4.69, 9.17) is 28.4 Å². The number of amides is 2. The molecule has 0 heterocycles. The predicted molar refractivity (Wildman–Crippen MR) is 156 cm³/mol. The van der Waals surface area contributed by atoms with Crippen LogP contribution in [0.3, 0.4) is 0 Å². The number of methoxy groups -OCH3 is 2. The first-order chi connectivity index (χ1) is 21.1. The van der Waals surface area contributed by atoms with Gasteiger partial charge in [-0.15, -0.1) is 0 Å². The number of hydrogen-bond acceptors (Lipinski definition) is 15. The van der Waals surface area contributed by atoms with E-state index in [1.54, 1.807) is 7.11 Å². The van der Waals surface area contributed by atoms with Crippen molar-refractivity contribution in [1.29, 1.82) is 0 Å². The third-order valence-corrected chi connectivity index (χ3v) is 8.49. The molecule has 18 heteroatoms. The molecule has 0 saturated heterocycles. The Labute approximate surface area is 262 Å². The Kier molecular flexibility index (Phi) is 22.3. The van der Waals surface area contributed by atoms with Gasteiger partial charge in [0.15, 0.2) is 5.78 Å². The number of rotatable bonds is 26. The zero-order chi connectivity index (χ0) is 32.6. The van der Waals surface area contributed by atoms with E-state index < -0.39 is 37.1 Å². The van der Waals surface area contributed by atoms with Crippen LogP contribution in [-0.4, -0.2) is 122 Å². The highest BCUT2D eigenvalue weighted by Gasteiger charge is 2.46. The molecule has 0 aromatic heterocycles. The summed E-state index contributed by atoms with van der Waals surface area (Å²) in [6.07, 6.45) is 1.24. The van der Waals surface area contributed by atoms with Gasteiger partial charge in [-0.1, -0.05) is 12.8 Å². The van der Waals surface area contributed by atoms with E-state index in [0.29, 0.717) is 32.0 Å². The van der Waals surface area contributed by atoms with Crippen LogP contribution in [0, 0.1) is 11.8 Å². The molecule has 2 amide bonds. The van der Waals surface area contributed by atoms with Gasteiger partial charge in [0.2, 0.25) is 0 Å². The van der Waals surface area contributed by atoms with E-state index >= 15 is 0 Å². The van der Waals surface area contributed by atoms with Crippen molar-refractivity contribution in [3.63, 3.8) is 0 Å². The Morgan fingerprint density at radius 2 is 1.52 bits per heavy atom. The van der Waals surface area contributed by atoms with Gasteiger partial charge in [0.1, 0.15) is 25.7 Å². The fraction of sp³-hybridized carbons (Fsp3) is 0.846. The van der Waals surface area contributed by atoms with Crippen molar-refractivity contribution in [3.05, 3.63) is 0 Å². The fourth-order valence-electron chi connectivity index (χ4n) is 3.92. The number of carbonyl (C=O) groups excluding carboxylic acids is 4. The number of carbonyl (C=O) groups is 4. The third-order valence-electron chi connectivity index (χ3n) is 6.21. The van der Waals surface area contributed by atoms with Crippen LogP contribution in [0.25, 0.3) is 0 Å². The van der Waals surface area contributed by atoms with Crippen LogP contribution in [0.4, 0.5) is 9.59 Å². The minimum Gasteiger partial charge on any atom is -0.756 e. The summed E-state index contributed by atoms with van der Waals surface area (Å²) in [7, 11) is -0.128. The molecule has 1 saturated carbocycles. The molecule has 1 aliphatic rings. The average molecular weight is 674 g/mol. The molecule has 0 bridgehead atoms. The average Bonchev–Trinajstić information content (AvgIpc) is 3.28. The molecule has 16 nitrogen and oxygen atoms in total. The lowest BCUT2D eigenvalue weighted by Gasteiger charge is -2.22. The van der Waals surface area contributed by atoms with E-state index in [-0.39, 0.29) is 64.3 Å². The molecule has 4 unspecified atom stereocenters. The van der Waals surface area contributed by atoms with E-state index in [0.717, 1.165) is 26.4 Å². The second-order valence-electron chi connectivity index (χ2n) is 9.50. The number of phosphoric acid groups is 1. The van der Waals surface area contributed by atoms with E-state index in [9.17, 15) is 28.6 Å². The molecular formula is C26H46N2O14PS-. The number of Topliss-reactive ketones (excluding diaryl/α,β-unsaturated/α-hetero) is 2. The van der Waals surface area contributed by atoms with Crippen molar-refractivity contribution < 1.29 is 66.1 Å². The van der Waals surface area contributed by atoms with Gasteiger partial charge in [-0.05, 0) is 18.6 Å². The summed E-state index contributed by atoms with van der Waals surface area (Å²) in [5.41, 5.74) is 0. The maximum absolute atomic E-state index is 13.2. The predicted octanol–water partition coefficient (Wildman–Crippen LogP) is 1.29. The highest BCUT2D eigenvalue weighted by atomic mass is 32.2. The van der Waals surface area contributed by atoms with Crippen LogP contribution in [0.2, 0.25) is 0 Å². The number of phosphoric ester groups is 1. The Bertz CT molecular complexity index is 899. The summed E-state index contributed by atoms with van der Waals surface area (Å²) in [6.45, 7) is 1.05. The number of hydrogen-bond donors (Lipinski definition) is 2. The first-order valence-corrected chi connectivity index (χ1v) is 16.8. The molecule has 4 atom stereocenters. The van der Waals surface area contributed by atoms with Gasteiger partial charge < -0.3 is 47.7 Å². The minimum absolute atomic E-state index is 0.0266. The zero-order valence-corrected chi connectivity index (χ0v) is 27.3. The van der Waals surface area contributed by atoms with Gasteiger partial charge in [-0.2, -0.15) is 11.8 Å². The van der Waals surface area contributed by atoms with Crippen LogP contribution in [0.5, 0.6) is 0 Å². The molecule has 0 aromatic carbocycles. The Morgan fingerprint density at radius 1 is 0.886 bits per heavy atom. The smallest absolute Gasteiger partial charge is 0.408 e. The van der Waals surface area contributed by atoms with Gasteiger partial charge >= 0.3 is 12.2 Å². The second kappa shape index (κ2) is 24.4. The van der Waals surface area contributed by atoms with Gasteiger partial charge in [-0.25, -0.2) is 9.59 Å². The molecule has 44 heavy (non-hydrogen) atoms. The van der Waals surface area contributed by atoms with Crippen LogP contribution in [-0.2, 0) is 51.6 Å². The molecule has 256 valence electrons. The van der Waals surface area contributed by atoms with Gasteiger partial charge in [0.05, 0.1) is 50.8 Å². The maximum Gasteiger partial charge on any atom is 0.408 e. The summed E-state index contributed by atoms with van der Waals surface area (Å²) < 4.78 is 50.7. The number of alkyl carbamates (subject to hydrolysis) is 2. The van der Waals surface area contributed by atoms with E-state index in [2.05, 4.69) is 19.7 Å². The van der Waals surface area contributed by atoms with Crippen LogP contribution in [0.1, 0.15) is 32.1 Å². The molecular weight excluding hydrogens is 627 g/mol. The molecule has 1 rings (SSSR count). The molecule has 0 spiro atoms. The Balaban J connectivity index is 2.58. The van der Waals surface area contributed by atoms with Gasteiger partial charge in [0.25, 0.3) is 7.82 Å². The third kappa shape index (κ3) is 18.2. The summed E-state index contributed by atoms with van der Waals surface area (Å²) >= 11 is 1.37. The molecule has 0 radical (unpaired) electrons. The lowest BCUT2D eigenvalue weighted by Crippen LogP contribution is -2.38.